The molecule has 0 saturated heterocycles. The minimum Gasteiger partial charge on any atom is -0.365 e. The normalized spacial score (nSPS) is 13.8. The summed E-state index contributed by atoms with van der Waals surface area (Å²) in [6, 6.07) is 2.17. The van der Waals surface area contributed by atoms with Gasteiger partial charge in [0.25, 0.3) is 0 Å². The lowest BCUT2D eigenvalue weighted by Gasteiger charge is -2.31. The predicted molar refractivity (Wildman–Crippen MR) is 76.8 cm³/mol. The van der Waals surface area contributed by atoms with E-state index in [4.69, 9.17) is 5.73 Å². The molecule has 0 spiro atoms. The molecule has 0 bridgehead atoms. The van der Waals surface area contributed by atoms with Gasteiger partial charge in [0.2, 0.25) is 0 Å². The van der Waals surface area contributed by atoms with E-state index < -0.39 is 0 Å². The summed E-state index contributed by atoms with van der Waals surface area (Å²) in [6.07, 6.45) is 0. The first-order valence-electron chi connectivity index (χ1n) is 6.56. The van der Waals surface area contributed by atoms with Crippen molar-refractivity contribution in [1.29, 1.82) is 0 Å². The van der Waals surface area contributed by atoms with Crippen molar-refractivity contribution in [3.63, 3.8) is 0 Å². The summed E-state index contributed by atoms with van der Waals surface area (Å²) in [5.41, 5.74) is 6.93. The average Bonchev–Trinajstić information content (AvgIpc) is 2.23. The van der Waals surface area contributed by atoms with Crippen LogP contribution in [0.15, 0.2) is 6.07 Å². The summed E-state index contributed by atoms with van der Waals surface area (Å²) >= 11 is 0. The topological polar surface area (TPSA) is 63.8 Å². The number of nitrogens with one attached hydrogen (secondary N) is 1. The lowest BCUT2D eigenvalue weighted by atomic mass is 9.87. The highest BCUT2D eigenvalue weighted by molar-refractivity contribution is 5.38. The predicted octanol–water partition coefficient (Wildman–Crippen LogP) is 2.69. The van der Waals surface area contributed by atoms with E-state index in [1.165, 1.54) is 0 Å². The zero-order chi connectivity index (χ0) is 13.9. The number of aromatic nitrogens is 2. The van der Waals surface area contributed by atoms with Crippen LogP contribution in [0.4, 0.5) is 5.82 Å². The molecule has 1 heterocycles. The number of anilines is 1. The van der Waals surface area contributed by atoms with E-state index in [0.29, 0.717) is 12.5 Å². The molecular weight excluding hydrogens is 224 g/mol. The highest BCUT2D eigenvalue weighted by Crippen LogP contribution is 2.22. The maximum atomic E-state index is 5.84. The van der Waals surface area contributed by atoms with Gasteiger partial charge in [0, 0.05) is 30.3 Å². The molecule has 1 aromatic heterocycles. The maximum absolute atomic E-state index is 5.84. The van der Waals surface area contributed by atoms with Crippen LogP contribution in [0.2, 0.25) is 0 Å². The molecule has 1 aromatic rings. The Kier molecular flexibility index (Phi) is 4.68. The van der Waals surface area contributed by atoms with Gasteiger partial charge in [-0.1, -0.05) is 34.6 Å². The van der Waals surface area contributed by atoms with Gasteiger partial charge in [-0.25, -0.2) is 9.97 Å². The second kappa shape index (κ2) is 5.65. The fraction of sp³-hybridized carbons (Fsp3) is 0.714. The molecule has 4 nitrogen and oxygen atoms in total. The Bertz CT molecular complexity index is 393. The van der Waals surface area contributed by atoms with E-state index in [0.717, 1.165) is 17.3 Å². The monoisotopic (exact) mass is 250 g/mol. The van der Waals surface area contributed by atoms with Crippen molar-refractivity contribution < 1.29 is 0 Å². The van der Waals surface area contributed by atoms with Crippen LogP contribution < -0.4 is 11.1 Å². The fourth-order valence-electron chi connectivity index (χ4n) is 1.73. The van der Waals surface area contributed by atoms with Gasteiger partial charge in [-0.05, 0) is 12.3 Å². The minimum absolute atomic E-state index is 0.103. The summed E-state index contributed by atoms with van der Waals surface area (Å²) < 4.78 is 0. The summed E-state index contributed by atoms with van der Waals surface area (Å²) in [5, 5.41) is 3.43. The molecule has 1 atom stereocenters. The molecule has 18 heavy (non-hydrogen) atoms. The Morgan fingerprint density at radius 1 is 1.28 bits per heavy atom. The van der Waals surface area contributed by atoms with E-state index in [2.05, 4.69) is 49.9 Å². The van der Waals surface area contributed by atoms with Crippen molar-refractivity contribution in [3.05, 3.63) is 17.6 Å². The average molecular weight is 250 g/mol. The number of nitrogens with zero attached hydrogens (tertiary/aromatic N) is 2. The van der Waals surface area contributed by atoms with Gasteiger partial charge in [0.05, 0.1) is 0 Å². The SMILES string of the molecule is Cc1cc(NC(CN)C(C)(C)C)nc(C(C)C)n1. The number of hydrogen-bond donors (Lipinski definition) is 2. The van der Waals surface area contributed by atoms with Crippen molar-refractivity contribution in [2.45, 2.75) is 53.5 Å². The molecule has 0 amide bonds. The Labute approximate surface area is 110 Å². The van der Waals surface area contributed by atoms with Crippen LogP contribution in [0.1, 0.15) is 52.1 Å². The summed E-state index contributed by atoms with van der Waals surface area (Å²) in [6.45, 7) is 13.3. The first-order chi connectivity index (χ1) is 8.24. The van der Waals surface area contributed by atoms with Crippen LogP contribution in [-0.4, -0.2) is 22.6 Å². The highest BCUT2D eigenvalue weighted by atomic mass is 15.1. The molecule has 102 valence electrons. The summed E-state index contributed by atoms with van der Waals surface area (Å²) in [5.74, 6) is 2.08. The van der Waals surface area contributed by atoms with E-state index in [9.17, 15) is 0 Å². The van der Waals surface area contributed by atoms with E-state index >= 15 is 0 Å². The standard InChI is InChI=1S/C14H26N4/c1-9(2)13-16-10(3)7-12(18-13)17-11(8-15)14(4,5)6/h7,9,11H,8,15H2,1-6H3,(H,16,17,18). The second-order valence-electron chi connectivity index (χ2n) is 6.21. The maximum Gasteiger partial charge on any atom is 0.133 e. The van der Waals surface area contributed by atoms with Gasteiger partial charge in [0.1, 0.15) is 11.6 Å². The zero-order valence-electron chi connectivity index (χ0n) is 12.4. The first kappa shape index (κ1) is 14.9. The van der Waals surface area contributed by atoms with E-state index in [1.807, 2.05) is 13.0 Å². The summed E-state index contributed by atoms with van der Waals surface area (Å²) in [7, 11) is 0. The van der Waals surface area contributed by atoms with Gasteiger partial charge in [-0.3, -0.25) is 0 Å². The minimum atomic E-state index is 0.103. The number of hydrogen-bond acceptors (Lipinski definition) is 4. The van der Waals surface area contributed by atoms with Crippen LogP contribution in [0, 0.1) is 12.3 Å². The summed E-state index contributed by atoms with van der Waals surface area (Å²) in [4.78, 5) is 9.00. The largest absolute Gasteiger partial charge is 0.365 e. The number of rotatable bonds is 4. The lowest BCUT2D eigenvalue weighted by molar-refractivity contribution is 0.345. The molecule has 0 fully saturated rings. The molecule has 0 aliphatic heterocycles. The second-order valence-corrected chi connectivity index (χ2v) is 6.21. The number of aryl methyl sites for hydroxylation is 1. The molecule has 0 aromatic carbocycles. The molecule has 1 unspecified atom stereocenters. The molecule has 0 saturated carbocycles. The third-order valence-electron chi connectivity index (χ3n) is 2.99. The highest BCUT2D eigenvalue weighted by Gasteiger charge is 2.23. The van der Waals surface area contributed by atoms with Crippen LogP contribution in [0.25, 0.3) is 0 Å². The Balaban J connectivity index is 2.96. The van der Waals surface area contributed by atoms with Crippen LogP contribution >= 0.6 is 0 Å². The Morgan fingerprint density at radius 3 is 2.33 bits per heavy atom. The van der Waals surface area contributed by atoms with Gasteiger partial charge < -0.3 is 11.1 Å². The molecular formula is C14H26N4. The van der Waals surface area contributed by atoms with Crippen molar-refractivity contribution in [3.8, 4) is 0 Å². The number of nitrogens with two attached hydrogens (primary N) is 1. The first-order valence-corrected chi connectivity index (χ1v) is 6.56. The van der Waals surface area contributed by atoms with E-state index in [1.54, 1.807) is 0 Å². The van der Waals surface area contributed by atoms with E-state index in [-0.39, 0.29) is 11.5 Å². The van der Waals surface area contributed by atoms with Crippen LogP contribution in [0.3, 0.4) is 0 Å². The van der Waals surface area contributed by atoms with Crippen molar-refractivity contribution in [2.24, 2.45) is 11.1 Å². The lowest BCUT2D eigenvalue weighted by Crippen LogP contribution is -2.40. The molecule has 1 rings (SSSR count). The third-order valence-corrected chi connectivity index (χ3v) is 2.99. The quantitative estimate of drug-likeness (QED) is 0.862. The van der Waals surface area contributed by atoms with Crippen molar-refractivity contribution in [1.82, 2.24) is 9.97 Å². The smallest absolute Gasteiger partial charge is 0.133 e. The molecule has 4 heteroatoms. The third kappa shape index (κ3) is 3.95. The molecule has 0 radical (unpaired) electrons. The van der Waals surface area contributed by atoms with Crippen molar-refractivity contribution >= 4 is 5.82 Å². The fourth-order valence-corrected chi connectivity index (χ4v) is 1.73. The van der Waals surface area contributed by atoms with Gasteiger partial charge in [-0.15, -0.1) is 0 Å². The molecule has 0 aliphatic rings. The Hall–Kier alpha value is -1.16. The molecule has 3 N–H and O–H groups in total. The van der Waals surface area contributed by atoms with Gasteiger partial charge >= 0.3 is 0 Å². The van der Waals surface area contributed by atoms with Crippen molar-refractivity contribution in [2.75, 3.05) is 11.9 Å². The van der Waals surface area contributed by atoms with Crippen LogP contribution in [0.5, 0.6) is 0 Å². The molecule has 0 aliphatic carbocycles. The van der Waals surface area contributed by atoms with Crippen LogP contribution in [-0.2, 0) is 0 Å². The Morgan fingerprint density at radius 2 is 1.89 bits per heavy atom. The zero-order valence-corrected chi connectivity index (χ0v) is 12.4. The van der Waals surface area contributed by atoms with Gasteiger partial charge in [0.15, 0.2) is 0 Å². The van der Waals surface area contributed by atoms with Gasteiger partial charge in [-0.2, -0.15) is 0 Å².